The quantitative estimate of drug-likeness (QED) is 0.900. The molecule has 1 aromatic heterocycles. The van der Waals surface area contributed by atoms with Crippen molar-refractivity contribution in [2.75, 3.05) is 0 Å². The average Bonchev–Trinajstić information content (AvgIpc) is 2.84. The first-order valence-corrected chi connectivity index (χ1v) is 9.11. The van der Waals surface area contributed by atoms with E-state index < -0.39 is 10.0 Å². The van der Waals surface area contributed by atoms with Gasteiger partial charge in [-0.05, 0) is 31.9 Å². The third-order valence-corrected chi connectivity index (χ3v) is 6.03. The Hall–Kier alpha value is -1.28. The van der Waals surface area contributed by atoms with Gasteiger partial charge in [-0.3, -0.25) is 0 Å². The monoisotopic (exact) mass is 323 g/mol. The zero-order valence-corrected chi connectivity index (χ0v) is 13.2. The van der Waals surface area contributed by atoms with Crippen LogP contribution in [0.3, 0.4) is 0 Å². The Morgan fingerprint density at radius 3 is 2.76 bits per heavy atom. The van der Waals surface area contributed by atoms with Gasteiger partial charge < -0.3 is 5.73 Å². The predicted molar refractivity (Wildman–Crippen MR) is 83.6 cm³/mol. The third-order valence-electron chi connectivity index (χ3n) is 3.51. The lowest BCUT2D eigenvalue weighted by Crippen LogP contribution is -2.50. The largest absolute Gasteiger partial charge is 0.328 e. The van der Waals surface area contributed by atoms with Crippen LogP contribution in [0.1, 0.15) is 18.5 Å². The van der Waals surface area contributed by atoms with Crippen molar-refractivity contribution >= 4 is 21.4 Å². The maximum atomic E-state index is 12.4. The molecule has 0 amide bonds. The molecule has 5 nitrogen and oxygen atoms in total. The van der Waals surface area contributed by atoms with Crippen LogP contribution in [0.4, 0.5) is 0 Å². The maximum absolute atomic E-state index is 12.4. The van der Waals surface area contributed by atoms with Crippen LogP contribution in [0.2, 0.25) is 0 Å². The van der Waals surface area contributed by atoms with Gasteiger partial charge in [0.05, 0.1) is 4.90 Å². The molecule has 7 heteroatoms. The van der Waals surface area contributed by atoms with Crippen LogP contribution in [0.15, 0.2) is 34.5 Å². The zero-order valence-electron chi connectivity index (χ0n) is 11.6. The second kappa shape index (κ2) is 5.49. The molecule has 0 radical (unpaired) electrons. The van der Waals surface area contributed by atoms with E-state index in [-0.39, 0.29) is 17.0 Å². The van der Waals surface area contributed by atoms with Gasteiger partial charge in [-0.2, -0.15) is 0 Å². The summed E-state index contributed by atoms with van der Waals surface area (Å²) in [5.41, 5.74) is 7.44. The number of nitrogens with two attached hydrogens (primary N) is 1. The number of thiazole rings is 1. The van der Waals surface area contributed by atoms with Crippen LogP contribution in [0, 0.1) is 6.92 Å². The smallest absolute Gasteiger partial charge is 0.240 e. The minimum atomic E-state index is -3.50. The maximum Gasteiger partial charge on any atom is 0.240 e. The van der Waals surface area contributed by atoms with Gasteiger partial charge in [0, 0.05) is 28.7 Å². The number of hydrogen-bond donors (Lipinski definition) is 2. The molecule has 3 rings (SSSR count). The van der Waals surface area contributed by atoms with Crippen LogP contribution < -0.4 is 10.5 Å². The Balaban J connectivity index is 1.85. The van der Waals surface area contributed by atoms with Crippen molar-refractivity contribution < 1.29 is 8.42 Å². The van der Waals surface area contributed by atoms with Crippen molar-refractivity contribution in [1.29, 1.82) is 0 Å². The summed E-state index contributed by atoms with van der Waals surface area (Å²) < 4.78 is 27.4. The molecule has 0 atom stereocenters. The number of hydrogen-bond acceptors (Lipinski definition) is 5. The Labute approximate surface area is 128 Å². The molecule has 2 aromatic rings. The molecule has 0 aliphatic heterocycles. The first-order valence-electron chi connectivity index (χ1n) is 6.74. The third kappa shape index (κ3) is 3.16. The van der Waals surface area contributed by atoms with E-state index in [0.717, 1.165) is 16.3 Å². The molecule has 0 spiro atoms. The molecule has 1 aromatic carbocycles. The highest BCUT2D eigenvalue weighted by atomic mass is 32.2. The fraction of sp³-hybridized carbons (Fsp3) is 0.357. The first-order chi connectivity index (χ1) is 9.94. The summed E-state index contributed by atoms with van der Waals surface area (Å²) in [5, 5.41) is 2.78. The molecule has 3 N–H and O–H groups in total. The van der Waals surface area contributed by atoms with Crippen molar-refractivity contribution in [3.05, 3.63) is 35.3 Å². The fourth-order valence-electron chi connectivity index (χ4n) is 2.33. The van der Waals surface area contributed by atoms with Crippen LogP contribution >= 0.6 is 11.3 Å². The lowest BCUT2D eigenvalue weighted by atomic mass is 9.89. The Bertz CT molecular complexity index is 749. The highest BCUT2D eigenvalue weighted by molar-refractivity contribution is 7.89. The summed E-state index contributed by atoms with van der Waals surface area (Å²) in [7, 11) is -3.50. The molecule has 0 bridgehead atoms. The standard InChI is InChI=1S/C14H17N3O2S2/c1-9-8-20-14(16-9)10-3-2-4-13(5-10)21(18,19)17-12-6-11(15)7-12/h2-5,8,11-12,17H,6-7,15H2,1H3. The predicted octanol–water partition coefficient (Wildman–Crippen LogP) is 1.89. The summed E-state index contributed by atoms with van der Waals surface area (Å²) in [4.78, 5) is 4.66. The summed E-state index contributed by atoms with van der Waals surface area (Å²) >= 11 is 1.51. The van der Waals surface area contributed by atoms with E-state index in [9.17, 15) is 8.42 Å². The molecular weight excluding hydrogens is 306 g/mol. The van der Waals surface area contributed by atoms with Gasteiger partial charge in [0.1, 0.15) is 5.01 Å². The Kier molecular flexibility index (Phi) is 3.83. The second-order valence-electron chi connectivity index (χ2n) is 5.37. The minimum Gasteiger partial charge on any atom is -0.328 e. The summed E-state index contributed by atoms with van der Waals surface area (Å²) in [5.74, 6) is 0. The molecule has 1 saturated carbocycles. The molecule has 1 aliphatic carbocycles. The van der Waals surface area contributed by atoms with Crippen molar-refractivity contribution in [3.8, 4) is 10.6 Å². The highest BCUT2D eigenvalue weighted by Gasteiger charge is 2.30. The summed E-state index contributed by atoms with van der Waals surface area (Å²) in [6, 6.07) is 6.95. The number of aromatic nitrogens is 1. The number of aryl methyl sites for hydroxylation is 1. The van der Waals surface area contributed by atoms with Gasteiger partial charge in [0.2, 0.25) is 10.0 Å². The van der Waals surface area contributed by atoms with E-state index in [1.165, 1.54) is 11.3 Å². The molecular formula is C14H17N3O2S2. The number of sulfonamides is 1. The highest BCUT2D eigenvalue weighted by Crippen LogP contribution is 2.26. The van der Waals surface area contributed by atoms with Crippen molar-refractivity contribution in [2.45, 2.75) is 36.7 Å². The van der Waals surface area contributed by atoms with E-state index in [1.54, 1.807) is 18.2 Å². The van der Waals surface area contributed by atoms with Crippen molar-refractivity contribution in [3.63, 3.8) is 0 Å². The lowest BCUT2D eigenvalue weighted by molar-refractivity contribution is 0.327. The number of nitrogens with one attached hydrogen (secondary N) is 1. The zero-order chi connectivity index (χ0) is 15.0. The molecule has 0 saturated heterocycles. The average molecular weight is 323 g/mol. The van der Waals surface area contributed by atoms with Gasteiger partial charge in [0.25, 0.3) is 0 Å². The van der Waals surface area contributed by atoms with Crippen LogP contribution in [-0.4, -0.2) is 25.5 Å². The minimum absolute atomic E-state index is 0.0456. The van der Waals surface area contributed by atoms with Crippen LogP contribution in [0.25, 0.3) is 10.6 Å². The van der Waals surface area contributed by atoms with Crippen molar-refractivity contribution in [1.82, 2.24) is 9.71 Å². The number of rotatable bonds is 4. The molecule has 1 fully saturated rings. The van der Waals surface area contributed by atoms with Gasteiger partial charge >= 0.3 is 0 Å². The van der Waals surface area contributed by atoms with Gasteiger partial charge in [-0.15, -0.1) is 11.3 Å². The van der Waals surface area contributed by atoms with E-state index in [4.69, 9.17) is 5.73 Å². The SMILES string of the molecule is Cc1csc(-c2cccc(S(=O)(=O)NC3CC(N)C3)c2)n1. The lowest BCUT2D eigenvalue weighted by Gasteiger charge is -2.32. The van der Waals surface area contributed by atoms with Gasteiger partial charge in [-0.25, -0.2) is 18.1 Å². The van der Waals surface area contributed by atoms with Crippen LogP contribution in [-0.2, 0) is 10.0 Å². The van der Waals surface area contributed by atoms with Crippen molar-refractivity contribution in [2.24, 2.45) is 5.73 Å². The van der Waals surface area contributed by atoms with Crippen LogP contribution in [0.5, 0.6) is 0 Å². The first kappa shape index (κ1) is 14.6. The van der Waals surface area contributed by atoms with E-state index in [0.29, 0.717) is 12.8 Å². The fourth-order valence-corrected chi connectivity index (χ4v) is 4.43. The molecule has 21 heavy (non-hydrogen) atoms. The molecule has 1 heterocycles. The Morgan fingerprint density at radius 2 is 2.14 bits per heavy atom. The summed E-state index contributed by atoms with van der Waals surface area (Å²) in [6.07, 6.45) is 1.40. The van der Waals surface area contributed by atoms with E-state index >= 15 is 0 Å². The molecule has 1 aliphatic rings. The summed E-state index contributed by atoms with van der Waals surface area (Å²) in [6.45, 7) is 1.92. The normalized spacial score (nSPS) is 22.0. The number of nitrogens with zero attached hydrogens (tertiary/aromatic N) is 1. The van der Waals surface area contributed by atoms with Gasteiger partial charge in [0.15, 0.2) is 0 Å². The molecule has 0 unspecified atom stereocenters. The van der Waals surface area contributed by atoms with E-state index in [2.05, 4.69) is 9.71 Å². The molecule has 112 valence electrons. The second-order valence-corrected chi connectivity index (χ2v) is 7.94. The Morgan fingerprint density at radius 1 is 1.38 bits per heavy atom. The van der Waals surface area contributed by atoms with Gasteiger partial charge in [-0.1, -0.05) is 12.1 Å². The van der Waals surface area contributed by atoms with E-state index in [1.807, 2.05) is 18.4 Å². The number of benzene rings is 1. The topological polar surface area (TPSA) is 85.1 Å².